The van der Waals surface area contributed by atoms with Gasteiger partial charge < -0.3 is 5.32 Å². The van der Waals surface area contributed by atoms with Crippen molar-refractivity contribution in [1.82, 2.24) is 0 Å². The van der Waals surface area contributed by atoms with E-state index in [9.17, 15) is 0 Å². The average Bonchev–Trinajstić information content (AvgIpc) is 3.57. The Morgan fingerprint density at radius 3 is 2.32 bits per heavy atom. The van der Waals surface area contributed by atoms with Gasteiger partial charge >= 0.3 is 0 Å². The van der Waals surface area contributed by atoms with Gasteiger partial charge in [0.2, 0.25) is 0 Å². The zero-order valence-corrected chi connectivity index (χ0v) is 21.6. The zero-order chi connectivity index (χ0) is 25.1. The fourth-order valence-corrected chi connectivity index (χ4v) is 7.52. The van der Waals surface area contributed by atoms with Gasteiger partial charge in [-0.3, -0.25) is 0 Å². The molecule has 8 rings (SSSR count). The maximum atomic E-state index is 3.78. The van der Waals surface area contributed by atoms with Crippen LogP contribution in [0.25, 0.3) is 39.1 Å². The van der Waals surface area contributed by atoms with Gasteiger partial charge in [0.1, 0.15) is 0 Å². The van der Waals surface area contributed by atoms with E-state index >= 15 is 0 Å². The minimum absolute atomic E-state index is 0.196. The van der Waals surface area contributed by atoms with Crippen molar-refractivity contribution in [2.24, 2.45) is 0 Å². The van der Waals surface area contributed by atoms with Crippen molar-refractivity contribution in [3.8, 4) is 22.3 Å². The molecule has 0 radical (unpaired) electrons. The van der Waals surface area contributed by atoms with E-state index in [2.05, 4.69) is 115 Å². The molecule has 184 valence electrons. The zero-order valence-electron chi connectivity index (χ0n) is 21.6. The topological polar surface area (TPSA) is 12.0 Å². The third-order valence-electron chi connectivity index (χ3n) is 9.22. The van der Waals surface area contributed by atoms with Crippen molar-refractivity contribution in [2.45, 2.75) is 43.9 Å². The second kappa shape index (κ2) is 8.46. The van der Waals surface area contributed by atoms with Gasteiger partial charge in [-0.15, -0.1) is 0 Å². The van der Waals surface area contributed by atoms with Crippen molar-refractivity contribution < 1.29 is 0 Å². The summed E-state index contributed by atoms with van der Waals surface area (Å²) in [5.74, 6) is 0. The number of fused-ring (bicyclic) bond motifs is 8. The van der Waals surface area contributed by atoms with E-state index in [0.29, 0.717) is 0 Å². The minimum Gasteiger partial charge on any atom is -0.356 e. The lowest BCUT2D eigenvalue weighted by Gasteiger charge is -2.27. The Hall–Kier alpha value is -4.10. The van der Waals surface area contributed by atoms with Gasteiger partial charge in [0.15, 0.2) is 0 Å². The van der Waals surface area contributed by atoms with E-state index in [-0.39, 0.29) is 5.41 Å². The summed E-state index contributed by atoms with van der Waals surface area (Å²) in [6.07, 6.45) is 12.0. The first-order valence-electron chi connectivity index (χ1n) is 14.1. The molecular formula is C37H31N. The highest BCUT2D eigenvalue weighted by molar-refractivity contribution is 6.02. The number of hydrogen-bond donors (Lipinski definition) is 1. The van der Waals surface area contributed by atoms with Crippen LogP contribution >= 0.6 is 0 Å². The lowest BCUT2D eigenvalue weighted by atomic mass is 9.77. The molecule has 1 heteroatoms. The Bertz CT molecular complexity index is 1750. The lowest BCUT2D eigenvalue weighted by Crippen LogP contribution is -2.20. The van der Waals surface area contributed by atoms with Gasteiger partial charge in [-0.25, -0.2) is 0 Å². The molecule has 1 nitrogen and oxygen atoms in total. The van der Waals surface area contributed by atoms with E-state index in [1.807, 2.05) is 0 Å². The number of anilines is 2. The van der Waals surface area contributed by atoms with Crippen LogP contribution in [0.5, 0.6) is 0 Å². The monoisotopic (exact) mass is 489 g/mol. The molecule has 3 aliphatic carbocycles. The molecule has 0 aliphatic heterocycles. The quantitative estimate of drug-likeness (QED) is 0.266. The Labute approximate surface area is 224 Å². The summed E-state index contributed by atoms with van der Waals surface area (Å²) in [4.78, 5) is 0. The van der Waals surface area contributed by atoms with Crippen molar-refractivity contribution in [2.75, 3.05) is 5.32 Å². The first-order valence-corrected chi connectivity index (χ1v) is 14.1. The van der Waals surface area contributed by atoms with Crippen LogP contribution in [0.2, 0.25) is 0 Å². The average molecular weight is 490 g/mol. The highest BCUT2D eigenvalue weighted by Crippen LogP contribution is 2.57. The molecular weight excluding hydrogens is 458 g/mol. The predicted molar refractivity (Wildman–Crippen MR) is 161 cm³/mol. The standard InChI is InChI=1S/C37H31N/c1-2-13-29-26(10-1)23-34(31-15-4-3-14-30(29)31)25-11-9-12-27(22-25)38-28-18-19-33-32-16-5-6-17-35(32)37(36(33)24-28)20-7-8-21-37/h2-6,9,11-19,22-24,38H,1,7-8,10,20-21H2. The molecule has 1 spiro atoms. The molecule has 1 N–H and O–H groups in total. The molecule has 0 saturated heterocycles. The van der Waals surface area contributed by atoms with Gasteiger partial charge in [0, 0.05) is 16.8 Å². The number of aryl methyl sites for hydroxylation is 1. The van der Waals surface area contributed by atoms with Gasteiger partial charge in [-0.05, 0) is 111 Å². The van der Waals surface area contributed by atoms with Gasteiger partial charge in [-0.2, -0.15) is 0 Å². The maximum Gasteiger partial charge on any atom is 0.0390 e. The first-order chi connectivity index (χ1) is 18.8. The van der Waals surface area contributed by atoms with E-state index < -0.39 is 0 Å². The lowest BCUT2D eigenvalue weighted by molar-refractivity contribution is 0.550. The van der Waals surface area contributed by atoms with E-state index in [0.717, 1.165) is 18.5 Å². The molecule has 5 aromatic rings. The second-order valence-corrected chi connectivity index (χ2v) is 11.3. The fraction of sp³-hybridized carbons (Fsp3) is 0.189. The molecule has 0 unspecified atom stereocenters. The first kappa shape index (κ1) is 21.9. The van der Waals surface area contributed by atoms with Crippen molar-refractivity contribution in [3.05, 3.63) is 125 Å². The Morgan fingerprint density at radius 1 is 0.605 bits per heavy atom. The van der Waals surface area contributed by atoms with Crippen molar-refractivity contribution in [3.63, 3.8) is 0 Å². The SMILES string of the molecule is C1=Cc2c(cc(-c3cccc(Nc4ccc5c(c4)C4(CCCC4)c4ccccc4-5)c3)c3ccccc23)CC1. The van der Waals surface area contributed by atoms with Gasteiger partial charge in [-0.1, -0.05) is 91.7 Å². The van der Waals surface area contributed by atoms with Crippen LogP contribution in [0.1, 0.15) is 54.4 Å². The molecule has 1 fully saturated rings. The third-order valence-corrected chi connectivity index (χ3v) is 9.22. The van der Waals surface area contributed by atoms with Crippen LogP contribution in [-0.4, -0.2) is 0 Å². The van der Waals surface area contributed by atoms with Crippen LogP contribution in [0.4, 0.5) is 11.4 Å². The summed E-state index contributed by atoms with van der Waals surface area (Å²) in [7, 11) is 0. The maximum absolute atomic E-state index is 3.78. The van der Waals surface area contributed by atoms with Crippen LogP contribution in [0, 0.1) is 0 Å². The highest BCUT2D eigenvalue weighted by Gasteiger charge is 2.44. The normalized spacial score (nSPS) is 16.4. The Morgan fingerprint density at radius 2 is 1.39 bits per heavy atom. The van der Waals surface area contributed by atoms with Crippen molar-refractivity contribution in [1.29, 1.82) is 0 Å². The predicted octanol–water partition coefficient (Wildman–Crippen LogP) is 10.1. The number of nitrogens with one attached hydrogen (secondary N) is 1. The Balaban J connectivity index is 1.19. The number of benzene rings is 5. The van der Waals surface area contributed by atoms with Crippen molar-refractivity contribution >= 4 is 28.2 Å². The summed E-state index contributed by atoms with van der Waals surface area (Å²) in [6.45, 7) is 0. The largest absolute Gasteiger partial charge is 0.356 e. The highest BCUT2D eigenvalue weighted by atomic mass is 14.9. The summed E-state index contributed by atoms with van der Waals surface area (Å²) < 4.78 is 0. The Kier molecular flexibility index (Phi) is 4.88. The van der Waals surface area contributed by atoms with Crippen LogP contribution in [0.15, 0.2) is 103 Å². The summed E-state index contributed by atoms with van der Waals surface area (Å²) in [6, 6.07) is 36.4. The van der Waals surface area contributed by atoms with Gasteiger partial charge in [0.25, 0.3) is 0 Å². The third kappa shape index (κ3) is 3.24. The summed E-state index contributed by atoms with van der Waals surface area (Å²) >= 11 is 0. The molecule has 0 bridgehead atoms. The summed E-state index contributed by atoms with van der Waals surface area (Å²) in [5, 5.41) is 6.46. The molecule has 1 saturated carbocycles. The number of rotatable bonds is 3. The number of hydrogen-bond acceptors (Lipinski definition) is 1. The van der Waals surface area contributed by atoms with E-state index in [1.165, 1.54) is 81.1 Å². The van der Waals surface area contributed by atoms with Gasteiger partial charge in [0.05, 0.1) is 0 Å². The molecule has 3 aliphatic rings. The van der Waals surface area contributed by atoms with E-state index in [4.69, 9.17) is 0 Å². The summed E-state index contributed by atoms with van der Waals surface area (Å²) in [5.41, 5.74) is 13.9. The molecule has 5 aromatic carbocycles. The van der Waals surface area contributed by atoms with Crippen LogP contribution < -0.4 is 5.32 Å². The molecule has 0 heterocycles. The number of allylic oxidation sites excluding steroid dienone is 1. The molecule has 0 aromatic heterocycles. The molecule has 38 heavy (non-hydrogen) atoms. The second-order valence-electron chi connectivity index (χ2n) is 11.3. The van der Waals surface area contributed by atoms with E-state index in [1.54, 1.807) is 5.56 Å². The van der Waals surface area contributed by atoms with Crippen LogP contribution in [0.3, 0.4) is 0 Å². The smallest absolute Gasteiger partial charge is 0.0390 e. The molecule has 0 atom stereocenters. The fourth-order valence-electron chi connectivity index (χ4n) is 7.52. The molecule has 0 amide bonds. The minimum atomic E-state index is 0.196. The van der Waals surface area contributed by atoms with Crippen LogP contribution in [-0.2, 0) is 11.8 Å².